The van der Waals surface area contributed by atoms with Gasteiger partial charge in [0, 0.05) is 6.04 Å². The predicted octanol–water partition coefficient (Wildman–Crippen LogP) is 2.87. The molecule has 7 nitrogen and oxygen atoms in total. The molecular weight excluding hydrogens is 417 g/mol. The summed E-state index contributed by atoms with van der Waals surface area (Å²) < 4.78 is 37.2. The summed E-state index contributed by atoms with van der Waals surface area (Å²) in [5.41, 5.74) is 6.77. The van der Waals surface area contributed by atoms with E-state index >= 15 is 0 Å². The zero-order chi connectivity index (χ0) is 23.2. The van der Waals surface area contributed by atoms with Gasteiger partial charge in [-0.05, 0) is 37.7 Å². The highest BCUT2D eigenvalue weighted by Crippen LogP contribution is 2.40. The van der Waals surface area contributed by atoms with Crippen LogP contribution >= 0.6 is 0 Å². The zero-order valence-corrected chi connectivity index (χ0v) is 17.2. The number of amides is 1. The average Bonchev–Trinajstić information content (AvgIpc) is 3.11. The minimum atomic E-state index is -5.08. The van der Waals surface area contributed by atoms with E-state index in [0.717, 1.165) is 24.8 Å². The third kappa shape index (κ3) is 6.68. The third-order valence-corrected chi connectivity index (χ3v) is 5.47. The maximum atomic E-state index is 12.6. The lowest BCUT2D eigenvalue weighted by Gasteiger charge is -2.34. The number of carboxylic acid groups (broad SMARTS) is 1. The Morgan fingerprint density at radius 3 is 2.32 bits per heavy atom. The predicted molar refractivity (Wildman–Crippen MR) is 105 cm³/mol. The second kappa shape index (κ2) is 10.6. The molecule has 1 heterocycles. The maximum Gasteiger partial charge on any atom is 0.490 e. The van der Waals surface area contributed by atoms with Crippen LogP contribution in [0.25, 0.3) is 0 Å². The van der Waals surface area contributed by atoms with Gasteiger partial charge in [-0.25, -0.2) is 9.59 Å². The summed E-state index contributed by atoms with van der Waals surface area (Å²) in [6.45, 7) is 1.93. The number of alkyl halides is 3. The molecule has 1 aliphatic carbocycles. The van der Waals surface area contributed by atoms with Crippen molar-refractivity contribution < 1.29 is 37.4 Å². The zero-order valence-electron chi connectivity index (χ0n) is 17.2. The van der Waals surface area contributed by atoms with E-state index in [2.05, 4.69) is 0 Å². The van der Waals surface area contributed by atoms with E-state index in [-0.39, 0.29) is 24.5 Å². The van der Waals surface area contributed by atoms with Crippen LogP contribution in [-0.4, -0.2) is 52.2 Å². The number of benzene rings is 1. The summed E-state index contributed by atoms with van der Waals surface area (Å²) in [5, 5.41) is 7.12. The standard InChI is InChI=1S/C19H26N2O3.C2HF3O2/c1-13(20)18(22)21-16-10-6-5-9-15(16)11-17(21)19(23)24-12-14-7-3-2-4-8-14;3-2(4,5)1(6)7/h2-4,7-8,13,15-17H,5-6,9-12,20H2,1H3;(H,6,7)/t13-,15?,16?,17-;/m0./s1. The van der Waals surface area contributed by atoms with Gasteiger partial charge in [-0.15, -0.1) is 0 Å². The van der Waals surface area contributed by atoms with Crippen LogP contribution in [0.15, 0.2) is 30.3 Å². The summed E-state index contributed by atoms with van der Waals surface area (Å²) in [7, 11) is 0. The van der Waals surface area contributed by atoms with Crippen molar-refractivity contribution in [3.63, 3.8) is 0 Å². The summed E-state index contributed by atoms with van der Waals surface area (Å²) in [5.74, 6) is -2.79. The fourth-order valence-corrected chi connectivity index (χ4v) is 4.05. The number of carbonyl (C=O) groups is 3. The molecule has 2 aliphatic rings. The number of esters is 1. The van der Waals surface area contributed by atoms with Gasteiger partial charge < -0.3 is 20.5 Å². The van der Waals surface area contributed by atoms with Crippen molar-refractivity contribution >= 4 is 17.8 Å². The lowest BCUT2D eigenvalue weighted by molar-refractivity contribution is -0.192. The number of carboxylic acids is 1. The van der Waals surface area contributed by atoms with Gasteiger partial charge in [-0.3, -0.25) is 4.79 Å². The largest absolute Gasteiger partial charge is 0.490 e. The molecule has 172 valence electrons. The molecule has 1 aliphatic heterocycles. The number of hydrogen-bond donors (Lipinski definition) is 2. The van der Waals surface area contributed by atoms with Crippen molar-refractivity contribution in [2.75, 3.05) is 0 Å². The van der Waals surface area contributed by atoms with Gasteiger partial charge in [0.05, 0.1) is 6.04 Å². The fraction of sp³-hybridized carbons (Fsp3) is 0.571. The molecule has 0 radical (unpaired) electrons. The molecule has 0 spiro atoms. The third-order valence-electron chi connectivity index (χ3n) is 5.47. The summed E-state index contributed by atoms with van der Waals surface area (Å²) in [6, 6.07) is 8.68. The smallest absolute Gasteiger partial charge is 0.475 e. The van der Waals surface area contributed by atoms with Crippen LogP contribution in [-0.2, 0) is 25.7 Å². The molecule has 1 amide bonds. The molecule has 2 unspecified atom stereocenters. The SMILES string of the molecule is C[C@H](N)C(=O)N1C2CCCCC2C[C@H]1C(=O)OCc1ccccc1.O=C(O)C(F)(F)F. The lowest BCUT2D eigenvalue weighted by atomic mass is 9.84. The average molecular weight is 444 g/mol. The van der Waals surface area contributed by atoms with Gasteiger partial charge in [0.15, 0.2) is 0 Å². The van der Waals surface area contributed by atoms with Crippen LogP contribution in [0, 0.1) is 5.92 Å². The van der Waals surface area contributed by atoms with Crippen LogP contribution in [0.5, 0.6) is 0 Å². The van der Waals surface area contributed by atoms with Crippen molar-refractivity contribution in [1.29, 1.82) is 0 Å². The van der Waals surface area contributed by atoms with E-state index in [9.17, 15) is 22.8 Å². The van der Waals surface area contributed by atoms with Crippen molar-refractivity contribution in [3.05, 3.63) is 35.9 Å². The van der Waals surface area contributed by atoms with Crippen LogP contribution < -0.4 is 5.73 Å². The molecule has 2 fully saturated rings. The molecule has 0 bridgehead atoms. The van der Waals surface area contributed by atoms with Crippen molar-refractivity contribution in [2.24, 2.45) is 11.7 Å². The minimum Gasteiger partial charge on any atom is -0.475 e. The number of rotatable bonds is 4. The summed E-state index contributed by atoms with van der Waals surface area (Å²) >= 11 is 0. The first-order valence-corrected chi connectivity index (χ1v) is 10.1. The van der Waals surface area contributed by atoms with E-state index < -0.39 is 24.2 Å². The number of ether oxygens (including phenoxy) is 1. The highest BCUT2D eigenvalue weighted by atomic mass is 19.4. The van der Waals surface area contributed by atoms with E-state index in [1.54, 1.807) is 11.8 Å². The van der Waals surface area contributed by atoms with Crippen molar-refractivity contribution in [2.45, 2.75) is 69.9 Å². The second-order valence-corrected chi connectivity index (χ2v) is 7.79. The summed E-state index contributed by atoms with van der Waals surface area (Å²) in [6.07, 6.45) is -0.0545. The van der Waals surface area contributed by atoms with Crippen LogP contribution in [0.2, 0.25) is 0 Å². The van der Waals surface area contributed by atoms with Crippen molar-refractivity contribution in [1.82, 2.24) is 4.90 Å². The van der Waals surface area contributed by atoms with Gasteiger partial charge >= 0.3 is 18.1 Å². The molecule has 1 saturated carbocycles. The molecular formula is C21H27F3N2O5. The first-order chi connectivity index (χ1) is 14.5. The first-order valence-electron chi connectivity index (χ1n) is 10.1. The van der Waals surface area contributed by atoms with Crippen molar-refractivity contribution in [3.8, 4) is 0 Å². The number of carbonyl (C=O) groups excluding carboxylic acids is 2. The van der Waals surface area contributed by atoms with E-state index in [1.165, 1.54) is 6.42 Å². The molecule has 10 heteroatoms. The minimum absolute atomic E-state index is 0.133. The molecule has 1 aromatic carbocycles. The number of fused-ring (bicyclic) bond motifs is 1. The van der Waals surface area contributed by atoms with Gasteiger partial charge in [-0.1, -0.05) is 43.2 Å². The highest BCUT2D eigenvalue weighted by molar-refractivity contribution is 5.88. The normalized spacial score (nSPS) is 23.8. The number of nitrogens with two attached hydrogens (primary N) is 1. The lowest BCUT2D eigenvalue weighted by Crippen LogP contribution is -2.52. The van der Waals surface area contributed by atoms with Gasteiger partial charge in [0.1, 0.15) is 12.6 Å². The van der Waals surface area contributed by atoms with E-state index in [4.69, 9.17) is 20.4 Å². The second-order valence-electron chi connectivity index (χ2n) is 7.79. The van der Waals surface area contributed by atoms with Gasteiger partial charge in [0.25, 0.3) is 0 Å². The van der Waals surface area contributed by atoms with Gasteiger partial charge in [-0.2, -0.15) is 13.2 Å². The first kappa shape index (κ1) is 24.6. The Morgan fingerprint density at radius 1 is 1.19 bits per heavy atom. The Morgan fingerprint density at radius 2 is 1.77 bits per heavy atom. The monoisotopic (exact) mass is 444 g/mol. The number of likely N-dealkylation sites (tertiary alicyclic amines) is 1. The summed E-state index contributed by atoms with van der Waals surface area (Å²) in [4.78, 5) is 35.9. The number of halogens is 3. The Kier molecular flexibility index (Phi) is 8.43. The Bertz CT molecular complexity index is 770. The van der Waals surface area contributed by atoms with E-state index in [1.807, 2.05) is 30.3 Å². The molecule has 31 heavy (non-hydrogen) atoms. The fourth-order valence-electron chi connectivity index (χ4n) is 4.05. The van der Waals surface area contributed by atoms with Crippen LogP contribution in [0.3, 0.4) is 0 Å². The van der Waals surface area contributed by atoms with Crippen LogP contribution in [0.1, 0.15) is 44.6 Å². The van der Waals surface area contributed by atoms with Crippen LogP contribution in [0.4, 0.5) is 13.2 Å². The number of nitrogens with zero attached hydrogens (tertiary/aromatic N) is 1. The molecule has 1 aromatic rings. The molecule has 3 rings (SSSR count). The van der Waals surface area contributed by atoms with Gasteiger partial charge in [0.2, 0.25) is 5.91 Å². The molecule has 0 aromatic heterocycles. The Hall–Kier alpha value is -2.62. The number of aliphatic carboxylic acids is 1. The topological polar surface area (TPSA) is 110 Å². The van der Waals surface area contributed by atoms with E-state index in [0.29, 0.717) is 12.3 Å². The molecule has 1 saturated heterocycles. The quantitative estimate of drug-likeness (QED) is 0.691. The Labute approximate surface area is 178 Å². The molecule has 3 N–H and O–H groups in total. The number of hydrogen-bond acceptors (Lipinski definition) is 5. The molecule has 4 atom stereocenters. The maximum absolute atomic E-state index is 12.6. The Balaban J connectivity index is 0.000000423. The highest BCUT2D eigenvalue weighted by Gasteiger charge is 2.48.